The first kappa shape index (κ1) is 15.4. The van der Waals surface area contributed by atoms with Gasteiger partial charge in [-0.3, -0.25) is 0 Å². The largest absolute Gasteiger partial charge is 0.307 e. The van der Waals surface area contributed by atoms with Crippen molar-refractivity contribution < 1.29 is 4.39 Å². The van der Waals surface area contributed by atoms with Crippen molar-refractivity contribution >= 4 is 22.9 Å². The molecule has 0 fully saturated rings. The van der Waals surface area contributed by atoms with Gasteiger partial charge in [0.25, 0.3) is 0 Å². The Kier molecular flexibility index (Phi) is 4.47. The molecular formula is C15H18ClFN2S. The fraction of sp³-hybridized carbons (Fsp3) is 0.400. The summed E-state index contributed by atoms with van der Waals surface area (Å²) in [5.41, 5.74) is 1.88. The van der Waals surface area contributed by atoms with Gasteiger partial charge in [0.15, 0.2) is 0 Å². The number of halogens is 2. The summed E-state index contributed by atoms with van der Waals surface area (Å²) in [5.74, 6) is -0.406. The van der Waals surface area contributed by atoms with E-state index >= 15 is 0 Å². The highest BCUT2D eigenvalue weighted by molar-refractivity contribution is 7.09. The lowest BCUT2D eigenvalue weighted by molar-refractivity contribution is 0.565. The van der Waals surface area contributed by atoms with Gasteiger partial charge in [-0.1, -0.05) is 38.4 Å². The zero-order chi connectivity index (χ0) is 14.9. The van der Waals surface area contributed by atoms with Crippen molar-refractivity contribution in [3.63, 3.8) is 0 Å². The van der Waals surface area contributed by atoms with Gasteiger partial charge >= 0.3 is 0 Å². The highest BCUT2D eigenvalue weighted by atomic mass is 35.5. The average molecular weight is 313 g/mol. The Morgan fingerprint density at radius 3 is 2.55 bits per heavy atom. The summed E-state index contributed by atoms with van der Waals surface area (Å²) >= 11 is 7.32. The molecule has 1 aromatic heterocycles. The molecule has 0 aliphatic heterocycles. The Bertz CT molecular complexity index is 604. The summed E-state index contributed by atoms with van der Waals surface area (Å²) in [6.07, 6.45) is 0. The Morgan fingerprint density at radius 1 is 1.35 bits per heavy atom. The van der Waals surface area contributed by atoms with Crippen molar-refractivity contribution in [2.45, 2.75) is 32.2 Å². The van der Waals surface area contributed by atoms with Crippen LogP contribution in [0.4, 0.5) is 4.39 Å². The van der Waals surface area contributed by atoms with Gasteiger partial charge in [-0.25, -0.2) is 9.37 Å². The second-order valence-electron chi connectivity index (χ2n) is 5.72. The number of nitrogens with one attached hydrogen (secondary N) is 1. The Hall–Kier alpha value is -0.970. The van der Waals surface area contributed by atoms with Crippen LogP contribution in [-0.4, -0.2) is 12.0 Å². The van der Waals surface area contributed by atoms with Crippen molar-refractivity contribution in [1.82, 2.24) is 10.3 Å². The predicted octanol–water partition coefficient (Wildman–Crippen LogP) is 4.54. The summed E-state index contributed by atoms with van der Waals surface area (Å²) < 4.78 is 13.6. The van der Waals surface area contributed by atoms with Gasteiger partial charge in [0.1, 0.15) is 10.8 Å². The number of hydrogen-bond donors (Lipinski definition) is 1. The van der Waals surface area contributed by atoms with E-state index < -0.39 is 5.82 Å². The molecular weight excluding hydrogens is 295 g/mol. The molecule has 0 saturated carbocycles. The lowest BCUT2D eigenvalue weighted by Crippen LogP contribution is -2.19. The molecule has 5 heteroatoms. The molecule has 1 N–H and O–H groups in total. The standard InChI is InChI=1S/C15H18ClFN2S/c1-15(2,3)12-8-20-14(19-12)13(18-4)9-5-6-10(16)11(17)7-9/h5-8,13,18H,1-4H3. The highest BCUT2D eigenvalue weighted by Gasteiger charge is 2.22. The normalized spacial score (nSPS) is 13.5. The number of rotatable bonds is 3. The van der Waals surface area contributed by atoms with Crippen LogP contribution in [0.3, 0.4) is 0 Å². The molecule has 2 aromatic rings. The zero-order valence-electron chi connectivity index (χ0n) is 12.0. The second-order valence-corrected chi connectivity index (χ2v) is 7.01. The molecule has 1 unspecified atom stereocenters. The molecule has 0 radical (unpaired) electrons. The topological polar surface area (TPSA) is 24.9 Å². The molecule has 0 aliphatic rings. The first-order valence-electron chi connectivity index (χ1n) is 6.41. The monoisotopic (exact) mass is 312 g/mol. The van der Waals surface area contributed by atoms with Crippen LogP contribution in [0, 0.1) is 5.82 Å². The molecule has 0 amide bonds. The minimum Gasteiger partial charge on any atom is -0.307 e. The fourth-order valence-electron chi connectivity index (χ4n) is 1.89. The lowest BCUT2D eigenvalue weighted by atomic mass is 9.93. The van der Waals surface area contributed by atoms with Crippen LogP contribution in [0.1, 0.15) is 43.1 Å². The summed E-state index contributed by atoms with van der Waals surface area (Å²) in [5, 5.41) is 6.31. The molecule has 0 spiro atoms. The van der Waals surface area contributed by atoms with Gasteiger partial charge in [-0.05, 0) is 24.7 Å². The van der Waals surface area contributed by atoms with Crippen LogP contribution in [0.5, 0.6) is 0 Å². The van der Waals surface area contributed by atoms with E-state index in [-0.39, 0.29) is 16.5 Å². The SMILES string of the molecule is CNC(c1ccc(Cl)c(F)c1)c1nc(C(C)(C)C)cs1. The smallest absolute Gasteiger partial charge is 0.142 e. The summed E-state index contributed by atoms with van der Waals surface area (Å²) in [6.45, 7) is 6.38. The lowest BCUT2D eigenvalue weighted by Gasteiger charge is -2.16. The van der Waals surface area contributed by atoms with Gasteiger partial charge in [0, 0.05) is 10.8 Å². The van der Waals surface area contributed by atoms with Crippen molar-refractivity contribution in [1.29, 1.82) is 0 Å². The third-order valence-electron chi connectivity index (χ3n) is 3.10. The molecule has 0 aliphatic carbocycles. The summed E-state index contributed by atoms with van der Waals surface area (Å²) in [7, 11) is 1.84. The number of hydrogen-bond acceptors (Lipinski definition) is 3. The van der Waals surface area contributed by atoms with Gasteiger partial charge in [-0.2, -0.15) is 0 Å². The summed E-state index contributed by atoms with van der Waals surface area (Å²) in [6, 6.07) is 4.74. The molecule has 1 atom stereocenters. The van der Waals surface area contributed by atoms with E-state index in [0.29, 0.717) is 0 Å². The Morgan fingerprint density at radius 2 is 2.05 bits per heavy atom. The maximum absolute atomic E-state index is 13.6. The van der Waals surface area contributed by atoms with Crippen LogP contribution in [0.15, 0.2) is 23.6 Å². The first-order chi connectivity index (χ1) is 9.32. The van der Waals surface area contributed by atoms with Crippen molar-refractivity contribution in [3.05, 3.63) is 50.7 Å². The first-order valence-corrected chi connectivity index (χ1v) is 7.67. The molecule has 1 heterocycles. The van der Waals surface area contributed by atoms with E-state index in [1.54, 1.807) is 17.4 Å². The van der Waals surface area contributed by atoms with E-state index in [4.69, 9.17) is 11.6 Å². The fourth-order valence-corrected chi connectivity index (χ4v) is 3.19. The highest BCUT2D eigenvalue weighted by Crippen LogP contribution is 2.30. The van der Waals surface area contributed by atoms with E-state index in [1.165, 1.54) is 6.07 Å². The maximum Gasteiger partial charge on any atom is 0.142 e. The molecule has 2 rings (SSSR count). The third-order valence-corrected chi connectivity index (χ3v) is 4.32. The quantitative estimate of drug-likeness (QED) is 0.900. The molecule has 20 heavy (non-hydrogen) atoms. The molecule has 0 saturated heterocycles. The van der Waals surface area contributed by atoms with E-state index in [9.17, 15) is 4.39 Å². The van der Waals surface area contributed by atoms with Crippen LogP contribution in [0.2, 0.25) is 5.02 Å². The van der Waals surface area contributed by atoms with Crippen molar-refractivity contribution in [2.75, 3.05) is 7.05 Å². The maximum atomic E-state index is 13.6. The number of nitrogens with zero attached hydrogens (tertiary/aromatic N) is 1. The van der Waals surface area contributed by atoms with Gasteiger partial charge in [0.05, 0.1) is 16.8 Å². The Balaban J connectivity index is 2.37. The Labute approximate surface area is 128 Å². The van der Waals surface area contributed by atoms with Crippen LogP contribution >= 0.6 is 22.9 Å². The average Bonchev–Trinajstić information content (AvgIpc) is 2.84. The van der Waals surface area contributed by atoms with Crippen molar-refractivity contribution in [2.24, 2.45) is 0 Å². The van der Waals surface area contributed by atoms with Crippen LogP contribution in [0.25, 0.3) is 0 Å². The minimum atomic E-state index is -0.406. The van der Waals surface area contributed by atoms with Gasteiger partial charge in [-0.15, -0.1) is 11.3 Å². The number of benzene rings is 1. The molecule has 1 aromatic carbocycles. The summed E-state index contributed by atoms with van der Waals surface area (Å²) in [4.78, 5) is 4.68. The second kappa shape index (κ2) is 5.80. The van der Waals surface area contributed by atoms with E-state index in [1.807, 2.05) is 13.1 Å². The minimum absolute atomic E-state index is 0.0122. The van der Waals surface area contributed by atoms with Gasteiger partial charge in [0.2, 0.25) is 0 Å². The van der Waals surface area contributed by atoms with E-state index in [0.717, 1.165) is 16.3 Å². The van der Waals surface area contributed by atoms with Gasteiger partial charge < -0.3 is 5.32 Å². The van der Waals surface area contributed by atoms with Crippen LogP contribution in [-0.2, 0) is 5.41 Å². The predicted molar refractivity (Wildman–Crippen MR) is 83.1 cm³/mol. The van der Waals surface area contributed by atoms with Crippen molar-refractivity contribution in [3.8, 4) is 0 Å². The zero-order valence-corrected chi connectivity index (χ0v) is 13.6. The molecule has 108 valence electrons. The van der Waals surface area contributed by atoms with Crippen LogP contribution < -0.4 is 5.32 Å². The molecule has 2 nitrogen and oxygen atoms in total. The van der Waals surface area contributed by atoms with E-state index in [2.05, 4.69) is 36.5 Å². The molecule has 0 bridgehead atoms. The number of aromatic nitrogens is 1. The third kappa shape index (κ3) is 3.19. The number of thiazole rings is 1.